The summed E-state index contributed by atoms with van der Waals surface area (Å²) in [5.41, 5.74) is 4.16. The predicted molar refractivity (Wildman–Crippen MR) is 32.6 cm³/mol. The minimum absolute atomic E-state index is 0.449. The van der Waals surface area contributed by atoms with E-state index in [0.29, 0.717) is 10.7 Å². The molecule has 0 N–H and O–H groups in total. The molecule has 0 bridgehead atoms. The van der Waals surface area contributed by atoms with Gasteiger partial charge in [0.25, 0.3) is 0 Å². The molecule has 0 fully saturated rings. The van der Waals surface area contributed by atoms with Gasteiger partial charge in [0.05, 0.1) is 0 Å². The molecule has 0 spiro atoms. The van der Waals surface area contributed by atoms with Crippen LogP contribution in [0.2, 0.25) is 0 Å². The first-order valence-electron chi connectivity index (χ1n) is 2.34. The lowest BCUT2D eigenvalue weighted by Gasteiger charge is -1.99. The second-order valence-electron chi connectivity index (χ2n) is 1.63. The lowest BCUT2D eigenvalue weighted by Crippen LogP contribution is -1.96. The Morgan fingerprint density at radius 2 is 2.43 bits per heavy atom. The van der Waals surface area contributed by atoms with E-state index in [2.05, 4.69) is 15.7 Å². The molecule has 0 aromatic carbocycles. The molecule has 0 aromatic rings. The van der Waals surface area contributed by atoms with Gasteiger partial charge in [-0.05, 0) is 0 Å². The van der Waals surface area contributed by atoms with E-state index in [1.807, 2.05) is 7.05 Å². The Hall–Kier alpha value is 0.110. The monoisotopic (exact) mass is 118 g/mol. The van der Waals surface area contributed by atoms with Gasteiger partial charge >= 0.3 is 0 Å². The molecule has 0 amide bonds. The quantitative estimate of drug-likeness (QED) is 0.409. The van der Waals surface area contributed by atoms with Gasteiger partial charge < -0.3 is 5.43 Å². The van der Waals surface area contributed by atoms with E-state index in [4.69, 9.17) is 0 Å². The Bertz CT molecular complexity index is 96.3. The molecule has 42 valence electrons. The Morgan fingerprint density at radius 3 is 2.57 bits per heavy atom. The molecule has 1 aliphatic heterocycles. The topological polar surface area (TPSA) is 17.1 Å². The van der Waals surface area contributed by atoms with Gasteiger partial charge in [-0.3, -0.25) is 4.05 Å². The summed E-state index contributed by atoms with van der Waals surface area (Å²) in [5, 5.41) is 0. The molecule has 7 heavy (non-hydrogen) atoms. The van der Waals surface area contributed by atoms with Gasteiger partial charge in [0.15, 0.2) is 0 Å². The van der Waals surface area contributed by atoms with E-state index < -0.39 is 0 Å². The van der Waals surface area contributed by atoms with Crippen LogP contribution in [0.25, 0.3) is 5.43 Å². The zero-order valence-electron chi connectivity index (χ0n) is 4.72. The van der Waals surface area contributed by atoms with E-state index in [9.17, 15) is 0 Å². The van der Waals surface area contributed by atoms with Crippen molar-refractivity contribution in [1.82, 2.24) is 0 Å². The largest absolute Gasteiger partial charge is 0.366 e. The summed E-state index contributed by atoms with van der Waals surface area (Å²) in [5.74, 6) is 1.26. The van der Waals surface area contributed by atoms with Crippen LogP contribution in [-0.4, -0.2) is 29.7 Å². The summed E-state index contributed by atoms with van der Waals surface area (Å²) in [4.78, 5) is 0. The van der Waals surface area contributed by atoms with Crippen LogP contribution in [0.3, 0.4) is 0 Å². The van der Waals surface area contributed by atoms with Crippen LogP contribution in [0.5, 0.6) is 0 Å². The molecule has 1 rings (SSSR count). The van der Waals surface area contributed by atoms with Crippen LogP contribution < -0.4 is 0 Å². The van der Waals surface area contributed by atoms with Crippen LogP contribution in [0.15, 0.2) is 0 Å². The van der Waals surface area contributed by atoms with Crippen molar-refractivity contribution in [3.63, 3.8) is 0 Å². The van der Waals surface area contributed by atoms with E-state index in [-0.39, 0.29) is 0 Å². The SMILES string of the molecule is C[N+]1=S(C)CC[N-]1. The Kier molecular flexibility index (Phi) is 1.44. The van der Waals surface area contributed by atoms with Gasteiger partial charge in [-0.25, -0.2) is 0 Å². The molecular formula is C4H10N2S. The Morgan fingerprint density at radius 1 is 1.71 bits per heavy atom. The third kappa shape index (κ3) is 1.01. The Balaban J connectivity index is 2.64. The van der Waals surface area contributed by atoms with Crippen molar-refractivity contribution in [3.8, 4) is 0 Å². The summed E-state index contributed by atoms with van der Waals surface area (Å²) in [7, 11) is 2.49. The highest BCUT2D eigenvalue weighted by molar-refractivity contribution is 7.84. The van der Waals surface area contributed by atoms with Gasteiger partial charge in [0, 0.05) is 22.7 Å². The summed E-state index contributed by atoms with van der Waals surface area (Å²) in [6.45, 7) is 1.04. The molecule has 1 aliphatic rings. The predicted octanol–water partition coefficient (Wildman–Crippen LogP) is 0.363. The first kappa shape index (κ1) is 5.25. The lowest BCUT2D eigenvalue weighted by molar-refractivity contribution is -0.412. The molecule has 0 aliphatic carbocycles. The third-order valence-corrected chi connectivity index (χ3v) is 2.93. The fourth-order valence-corrected chi connectivity index (χ4v) is 1.43. The maximum atomic E-state index is 4.16. The molecule has 1 unspecified atom stereocenters. The Labute approximate surface area is 46.6 Å². The summed E-state index contributed by atoms with van der Waals surface area (Å²) >= 11 is 0. The average Bonchev–Trinajstić information content (AvgIpc) is 1.91. The first-order chi connectivity index (χ1) is 3.30. The zero-order valence-corrected chi connectivity index (χ0v) is 5.53. The number of hydrogen-bond acceptors (Lipinski definition) is 0. The van der Waals surface area contributed by atoms with Crippen molar-refractivity contribution < 1.29 is 4.05 Å². The maximum absolute atomic E-state index is 4.16. The van der Waals surface area contributed by atoms with Gasteiger partial charge in [-0.2, -0.15) is 0 Å². The molecule has 0 saturated carbocycles. The van der Waals surface area contributed by atoms with Crippen molar-refractivity contribution >= 4 is 10.7 Å². The molecule has 0 aromatic heterocycles. The minimum atomic E-state index is 0.449. The van der Waals surface area contributed by atoms with Crippen molar-refractivity contribution in [2.24, 2.45) is 0 Å². The van der Waals surface area contributed by atoms with Crippen molar-refractivity contribution in [1.29, 1.82) is 0 Å². The second-order valence-corrected chi connectivity index (χ2v) is 3.77. The molecule has 3 heteroatoms. The number of nitrogens with zero attached hydrogens (tertiary/aromatic N) is 2. The summed E-state index contributed by atoms with van der Waals surface area (Å²) < 4.78 is 2.06. The van der Waals surface area contributed by atoms with Gasteiger partial charge in [-0.15, -0.1) is 0 Å². The molecule has 1 atom stereocenters. The standard InChI is InChI=1S/C4H10N2S/c1-6-5-3-4-7(6)2/h3-4H2,1-2H3. The van der Waals surface area contributed by atoms with E-state index in [1.54, 1.807) is 0 Å². The summed E-state index contributed by atoms with van der Waals surface area (Å²) in [6.07, 6.45) is 2.22. The van der Waals surface area contributed by atoms with Crippen LogP contribution in [-0.2, 0) is 10.7 Å². The lowest BCUT2D eigenvalue weighted by atomic mass is 10.8. The average molecular weight is 118 g/mol. The van der Waals surface area contributed by atoms with Gasteiger partial charge in [0.2, 0.25) is 0 Å². The summed E-state index contributed by atoms with van der Waals surface area (Å²) in [6, 6.07) is 0. The molecule has 1 heterocycles. The van der Waals surface area contributed by atoms with Gasteiger partial charge in [0.1, 0.15) is 7.05 Å². The second kappa shape index (κ2) is 1.92. The van der Waals surface area contributed by atoms with Crippen LogP contribution in [0.1, 0.15) is 0 Å². The third-order valence-electron chi connectivity index (χ3n) is 1.14. The van der Waals surface area contributed by atoms with Crippen LogP contribution >= 0.6 is 0 Å². The molecule has 0 saturated heterocycles. The van der Waals surface area contributed by atoms with Gasteiger partial charge in [-0.1, -0.05) is 6.54 Å². The molecular weight excluding hydrogens is 108 g/mol. The zero-order chi connectivity index (χ0) is 5.28. The van der Waals surface area contributed by atoms with E-state index >= 15 is 0 Å². The smallest absolute Gasteiger partial charge is 0.129 e. The van der Waals surface area contributed by atoms with Crippen molar-refractivity contribution in [2.75, 3.05) is 25.6 Å². The highest BCUT2D eigenvalue weighted by Crippen LogP contribution is 1.99. The maximum Gasteiger partial charge on any atom is 0.129 e. The number of hydrogen-bond donors (Lipinski definition) is 0. The molecule has 0 radical (unpaired) electrons. The molecule has 2 nitrogen and oxygen atoms in total. The number of rotatable bonds is 0. The first-order valence-corrected chi connectivity index (χ1v) is 4.10. The fourth-order valence-electron chi connectivity index (χ4n) is 0.544. The highest BCUT2D eigenvalue weighted by Gasteiger charge is 1.99. The minimum Gasteiger partial charge on any atom is -0.366 e. The van der Waals surface area contributed by atoms with Crippen molar-refractivity contribution in [2.45, 2.75) is 0 Å². The van der Waals surface area contributed by atoms with Crippen LogP contribution in [0, 0.1) is 0 Å². The van der Waals surface area contributed by atoms with E-state index in [1.165, 1.54) is 5.75 Å². The van der Waals surface area contributed by atoms with E-state index in [0.717, 1.165) is 6.54 Å². The van der Waals surface area contributed by atoms with Crippen LogP contribution in [0.4, 0.5) is 0 Å². The van der Waals surface area contributed by atoms with Crippen molar-refractivity contribution in [3.05, 3.63) is 5.43 Å². The normalized spacial score (nSPS) is 31.7. The highest BCUT2D eigenvalue weighted by atomic mass is 32.2. The fraction of sp³-hybridized carbons (Fsp3) is 1.00.